The number of amides is 2. The maximum absolute atomic E-state index is 12.4. The molecule has 2 N–H and O–H groups in total. The molecule has 0 spiro atoms. The number of carbonyl (C=O) groups excluding carboxylic acids is 2. The van der Waals surface area contributed by atoms with Crippen LogP contribution < -0.4 is 10.6 Å². The summed E-state index contributed by atoms with van der Waals surface area (Å²) in [6.45, 7) is 1.79. The van der Waals surface area contributed by atoms with Crippen LogP contribution in [0.2, 0.25) is 5.02 Å². The number of nitrogens with one attached hydrogen (secondary N) is 2. The van der Waals surface area contributed by atoms with Gasteiger partial charge in [0.2, 0.25) is 5.91 Å². The topological polar surface area (TPSA) is 101 Å². The first-order valence-corrected chi connectivity index (χ1v) is 10.5. The summed E-state index contributed by atoms with van der Waals surface area (Å²) in [7, 11) is 0. The number of hydrogen-bond acceptors (Lipinski definition) is 5. The first kappa shape index (κ1) is 22.3. The summed E-state index contributed by atoms with van der Waals surface area (Å²) >= 11 is 7.45. The van der Waals surface area contributed by atoms with Gasteiger partial charge in [-0.3, -0.25) is 19.7 Å². The number of non-ortho nitro benzene ring substituents is 1. The van der Waals surface area contributed by atoms with Crippen LogP contribution in [0.25, 0.3) is 0 Å². The summed E-state index contributed by atoms with van der Waals surface area (Å²) in [4.78, 5) is 35.8. The third kappa shape index (κ3) is 6.07. The number of thioether (sulfide) groups is 1. The van der Waals surface area contributed by atoms with E-state index in [0.717, 1.165) is 4.90 Å². The van der Waals surface area contributed by atoms with Gasteiger partial charge in [0.1, 0.15) is 0 Å². The van der Waals surface area contributed by atoms with Crippen molar-refractivity contribution in [3.8, 4) is 0 Å². The molecule has 0 saturated heterocycles. The van der Waals surface area contributed by atoms with Gasteiger partial charge in [0, 0.05) is 28.3 Å². The number of rotatable bonds is 7. The van der Waals surface area contributed by atoms with Gasteiger partial charge in [0.15, 0.2) is 0 Å². The number of halogens is 1. The molecule has 9 heteroatoms. The van der Waals surface area contributed by atoms with Crippen LogP contribution >= 0.6 is 23.4 Å². The zero-order valence-electron chi connectivity index (χ0n) is 16.4. The molecule has 2 amide bonds. The third-order valence-electron chi connectivity index (χ3n) is 4.27. The Morgan fingerprint density at radius 3 is 2.23 bits per heavy atom. The van der Waals surface area contributed by atoms with Gasteiger partial charge in [0.05, 0.1) is 20.9 Å². The van der Waals surface area contributed by atoms with Crippen LogP contribution in [-0.2, 0) is 4.79 Å². The molecular formula is C22H18ClN3O4S. The minimum atomic E-state index is -0.520. The summed E-state index contributed by atoms with van der Waals surface area (Å²) in [5.41, 5.74) is 1.37. The molecule has 0 heterocycles. The summed E-state index contributed by atoms with van der Waals surface area (Å²) in [6, 6.07) is 19.4. The summed E-state index contributed by atoms with van der Waals surface area (Å²) in [5.74, 6) is -0.545. The van der Waals surface area contributed by atoms with Gasteiger partial charge >= 0.3 is 0 Å². The largest absolute Gasteiger partial charge is 0.324 e. The molecule has 0 saturated carbocycles. The van der Waals surface area contributed by atoms with E-state index >= 15 is 0 Å². The fourth-order valence-electron chi connectivity index (χ4n) is 2.61. The number of carbonyl (C=O) groups is 2. The lowest BCUT2D eigenvalue weighted by atomic mass is 10.2. The standard InChI is InChI=1S/C22H18ClN3O4S/c1-14(21(27)25-20-5-3-2-4-19(20)23)31-18-12-8-16(9-13-18)24-22(28)15-6-10-17(11-7-15)26(29)30/h2-14H,1H3,(H,24,28)(H,25,27). The van der Waals surface area contributed by atoms with Gasteiger partial charge in [-0.25, -0.2) is 0 Å². The Balaban J connectivity index is 1.57. The summed E-state index contributed by atoms with van der Waals surface area (Å²) < 4.78 is 0. The molecule has 3 aromatic carbocycles. The molecule has 1 atom stereocenters. The molecule has 1 unspecified atom stereocenters. The van der Waals surface area contributed by atoms with E-state index in [1.54, 1.807) is 55.5 Å². The van der Waals surface area contributed by atoms with E-state index in [0.29, 0.717) is 22.0 Å². The summed E-state index contributed by atoms with van der Waals surface area (Å²) in [5, 5.41) is 16.4. The highest BCUT2D eigenvalue weighted by molar-refractivity contribution is 8.00. The highest BCUT2D eigenvalue weighted by atomic mass is 35.5. The van der Waals surface area contributed by atoms with Crippen LogP contribution in [0.3, 0.4) is 0 Å². The second-order valence-corrected chi connectivity index (χ2v) is 8.33. The average Bonchev–Trinajstić information content (AvgIpc) is 2.76. The predicted octanol–water partition coefficient (Wildman–Crippen LogP) is 5.62. The molecule has 3 aromatic rings. The molecule has 3 rings (SSSR count). The van der Waals surface area contributed by atoms with Gasteiger partial charge in [-0.2, -0.15) is 0 Å². The van der Waals surface area contributed by atoms with Crippen LogP contribution in [0.15, 0.2) is 77.7 Å². The molecule has 31 heavy (non-hydrogen) atoms. The maximum atomic E-state index is 12.4. The minimum Gasteiger partial charge on any atom is -0.324 e. The van der Waals surface area contributed by atoms with E-state index in [9.17, 15) is 19.7 Å². The third-order valence-corrected chi connectivity index (χ3v) is 5.71. The molecule has 0 radical (unpaired) electrons. The molecule has 0 aromatic heterocycles. The monoisotopic (exact) mass is 455 g/mol. The zero-order chi connectivity index (χ0) is 22.4. The van der Waals surface area contributed by atoms with Gasteiger partial charge in [0.25, 0.3) is 11.6 Å². The quantitative estimate of drug-likeness (QED) is 0.273. The highest BCUT2D eigenvalue weighted by Gasteiger charge is 2.16. The van der Waals surface area contributed by atoms with Crippen LogP contribution in [0, 0.1) is 10.1 Å². The van der Waals surface area contributed by atoms with Crippen molar-refractivity contribution in [1.29, 1.82) is 0 Å². The molecule has 0 aliphatic carbocycles. The second kappa shape index (κ2) is 10.1. The lowest BCUT2D eigenvalue weighted by molar-refractivity contribution is -0.384. The first-order valence-electron chi connectivity index (χ1n) is 9.21. The lowest BCUT2D eigenvalue weighted by Gasteiger charge is -2.13. The molecule has 158 valence electrons. The number of nitro benzene ring substituents is 1. The zero-order valence-corrected chi connectivity index (χ0v) is 17.9. The Bertz CT molecular complexity index is 1100. The second-order valence-electron chi connectivity index (χ2n) is 6.51. The van der Waals surface area contributed by atoms with Gasteiger partial charge in [-0.15, -0.1) is 11.8 Å². The smallest absolute Gasteiger partial charge is 0.269 e. The SMILES string of the molecule is CC(Sc1ccc(NC(=O)c2ccc([N+](=O)[O-])cc2)cc1)C(=O)Nc1ccccc1Cl. The average molecular weight is 456 g/mol. The van der Waals surface area contributed by atoms with Crippen molar-refractivity contribution < 1.29 is 14.5 Å². The Labute approximate surface area is 188 Å². The Morgan fingerprint density at radius 1 is 0.968 bits per heavy atom. The molecule has 0 aliphatic heterocycles. The van der Waals surface area contributed by atoms with E-state index in [4.69, 9.17) is 11.6 Å². The molecule has 0 fully saturated rings. The number of nitrogens with zero attached hydrogens (tertiary/aromatic N) is 1. The van der Waals surface area contributed by atoms with Gasteiger partial charge < -0.3 is 10.6 Å². The van der Waals surface area contributed by atoms with E-state index < -0.39 is 4.92 Å². The van der Waals surface area contributed by atoms with Crippen molar-refractivity contribution in [3.05, 3.63) is 93.5 Å². The Morgan fingerprint density at radius 2 is 1.61 bits per heavy atom. The van der Waals surface area contributed by atoms with Crippen LogP contribution in [0.4, 0.5) is 17.1 Å². The van der Waals surface area contributed by atoms with Crippen LogP contribution in [0.1, 0.15) is 17.3 Å². The number of benzene rings is 3. The Kier molecular flexibility index (Phi) is 7.28. The Hall–Kier alpha value is -3.36. The van der Waals surface area contributed by atoms with Crippen molar-refractivity contribution in [1.82, 2.24) is 0 Å². The van der Waals surface area contributed by atoms with E-state index in [1.807, 2.05) is 0 Å². The van der Waals surface area contributed by atoms with Gasteiger partial charge in [-0.05, 0) is 55.5 Å². The normalized spacial score (nSPS) is 11.4. The number of para-hydroxylation sites is 1. The maximum Gasteiger partial charge on any atom is 0.269 e. The van der Waals surface area contributed by atoms with Crippen molar-refractivity contribution in [2.24, 2.45) is 0 Å². The van der Waals surface area contributed by atoms with Crippen LogP contribution in [0.5, 0.6) is 0 Å². The van der Waals surface area contributed by atoms with E-state index in [-0.39, 0.29) is 22.8 Å². The fourth-order valence-corrected chi connectivity index (χ4v) is 3.66. The van der Waals surface area contributed by atoms with Crippen molar-refractivity contribution in [2.75, 3.05) is 10.6 Å². The molecule has 0 aliphatic rings. The first-order chi connectivity index (χ1) is 14.8. The van der Waals surface area contributed by atoms with Crippen LogP contribution in [-0.4, -0.2) is 22.0 Å². The van der Waals surface area contributed by atoms with Crippen molar-refractivity contribution in [3.63, 3.8) is 0 Å². The fraction of sp³-hybridized carbons (Fsp3) is 0.0909. The van der Waals surface area contributed by atoms with E-state index in [2.05, 4.69) is 10.6 Å². The number of nitro groups is 1. The van der Waals surface area contributed by atoms with E-state index in [1.165, 1.54) is 36.0 Å². The van der Waals surface area contributed by atoms with Gasteiger partial charge in [-0.1, -0.05) is 23.7 Å². The number of hydrogen-bond donors (Lipinski definition) is 2. The molecular weight excluding hydrogens is 438 g/mol. The van der Waals surface area contributed by atoms with Crippen molar-refractivity contribution in [2.45, 2.75) is 17.1 Å². The minimum absolute atomic E-state index is 0.0781. The summed E-state index contributed by atoms with van der Waals surface area (Å²) in [6.07, 6.45) is 0. The van der Waals surface area contributed by atoms with Crippen molar-refractivity contribution >= 4 is 52.2 Å². The molecule has 7 nitrogen and oxygen atoms in total. The highest BCUT2D eigenvalue weighted by Crippen LogP contribution is 2.27. The lowest BCUT2D eigenvalue weighted by Crippen LogP contribution is -2.22. The molecule has 0 bridgehead atoms. The predicted molar refractivity (Wildman–Crippen MR) is 123 cm³/mol. The number of anilines is 2.